The maximum absolute atomic E-state index is 6.29. The monoisotopic (exact) mass is 281 g/mol. The molecule has 0 saturated carbocycles. The molecule has 0 saturated heterocycles. The SMILES string of the molecule is CCCC(N)c1c(OCC)cc(OCC)cc1OCC. The molecule has 4 heteroatoms. The summed E-state index contributed by atoms with van der Waals surface area (Å²) in [6.45, 7) is 9.79. The van der Waals surface area contributed by atoms with E-state index in [9.17, 15) is 0 Å². The highest BCUT2D eigenvalue weighted by Gasteiger charge is 2.19. The molecule has 0 heterocycles. The van der Waals surface area contributed by atoms with Crippen molar-refractivity contribution >= 4 is 0 Å². The van der Waals surface area contributed by atoms with Crippen LogP contribution in [0.5, 0.6) is 17.2 Å². The van der Waals surface area contributed by atoms with Crippen LogP contribution in [0.3, 0.4) is 0 Å². The molecule has 0 spiro atoms. The van der Waals surface area contributed by atoms with E-state index in [-0.39, 0.29) is 6.04 Å². The van der Waals surface area contributed by atoms with Crippen molar-refractivity contribution in [1.29, 1.82) is 0 Å². The third-order valence-corrected chi connectivity index (χ3v) is 2.96. The Morgan fingerprint density at radius 3 is 1.80 bits per heavy atom. The van der Waals surface area contributed by atoms with Crippen LogP contribution < -0.4 is 19.9 Å². The van der Waals surface area contributed by atoms with Gasteiger partial charge in [-0.15, -0.1) is 0 Å². The molecule has 2 N–H and O–H groups in total. The Morgan fingerprint density at radius 1 is 0.900 bits per heavy atom. The summed E-state index contributed by atoms with van der Waals surface area (Å²) in [5.41, 5.74) is 7.23. The number of nitrogens with two attached hydrogens (primary N) is 1. The van der Waals surface area contributed by atoms with Crippen molar-refractivity contribution in [3.8, 4) is 17.2 Å². The maximum atomic E-state index is 6.29. The Balaban J connectivity index is 3.25. The minimum atomic E-state index is -0.0845. The van der Waals surface area contributed by atoms with Gasteiger partial charge < -0.3 is 19.9 Å². The van der Waals surface area contributed by atoms with Gasteiger partial charge in [-0.25, -0.2) is 0 Å². The molecule has 0 aliphatic heterocycles. The second-order valence-corrected chi connectivity index (χ2v) is 4.53. The largest absolute Gasteiger partial charge is 0.494 e. The Morgan fingerprint density at radius 2 is 1.40 bits per heavy atom. The van der Waals surface area contributed by atoms with Crippen molar-refractivity contribution in [3.63, 3.8) is 0 Å². The van der Waals surface area contributed by atoms with Gasteiger partial charge in [-0.2, -0.15) is 0 Å². The summed E-state index contributed by atoms with van der Waals surface area (Å²) >= 11 is 0. The molecule has 20 heavy (non-hydrogen) atoms. The minimum Gasteiger partial charge on any atom is -0.494 e. The predicted molar refractivity (Wildman–Crippen MR) is 81.8 cm³/mol. The molecule has 0 amide bonds. The molecule has 1 rings (SSSR count). The van der Waals surface area contributed by atoms with Gasteiger partial charge in [0.25, 0.3) is 0 Å². The Labute approximate surface area is 122 Å². The van der Waals surface area contributed by atoms with Crippen molar-refractivity contribution in [1.82, 2.24) is 0 Å². The van der Waals surface area contributed by atoms with Crippen molar-refractivity contribution in [3.05, 3.63) is 17.7 Å². The fraction of sp³-hybridized carbons (Fsp3) is 0.625. The molecule has 1 aromatic carbocycles. The van der Waals surface area contributed by atoms with Gasteiger partial charge in [-0.3, -0.25) is 0 Å². The average molecular weight is 281 g/mol. The van der Waals surface area contributed by atoms with E-state index >= 15 is 0 Å². The third kappa shape index (κ3) is 4.30. The van der Waals surface area contributed by atoms with Crippen LogP contribution >= 0.6 is 0 Å². The quantitative estimate of drug-likeness (QED) is 0.750. The molecule has 1 aromatic rings. The van der Waals surface area contributed by atoms with E-state index < -0.39 is 0 Å². The fourth-order valence-corrected chi connectivity index (χ4v) is 2.20. The van der Waals surface area contributed by atoms with Gasteiger partial charge >= 0.3 is 0 Å². The van der Waals surface area contributed by atoms with Gasteiger partial charge in [0, 0.05) is 18.2 Å². The van der Waals surface area contributed by atoms with Crippen LogP contribution in [0.4, 0.5) is 0 Å². The third-order valence-electron chi connectivity index (χ3n) is 2.96. The number of rotatable bonds is 9. The molecule has 0 radical (unpaired) electrons. The molecule has 0 aliphatic carbocycles. The lowest BCUT2D eigenvalue weighted by atomic mass is 10.0. The standard InChI is InChI=1S/C16H27NO3/c1-5-9-13(17)16-14(19-7-3)10-12(18-6-2)11-15(16)20-8-4/h10-11,13H,5-9,17H2,1-4H3. The summed E-state index contributed by atoms with van der Waals surface area (Å²) in [6, 6.07) is 3.72. The highest BCUT2D eigenvalue weighted by Crippen LogP contribution is 2.39. The normalized spacial score (nSPS) is 12.1. The highest BCUT2D eigenvalue weighted by molar-refractivity contribution is 5.52. The molecule has 1 unspecified atom stereocenters. The van der Waals surface area contributed by atoms with E-state index in [2.05, 4.69) is 6.92 Å². The van der Waals surface area contributed by atoms with Crippen molar-refractivity contribution in [2.45, 2.75) is 46.6 Å². The number of ether oxygens (including phenoxy) is 3. The second kappa shape index (κ2) is 8.69. The van der Waals surface area contributed by atoms with E-state index in [1.807, 2.05) is 32.9 Å². The summed E-state index contributed by atoms with van der Waals surface area (Å²) in [5, 5.41) is 0. The van der Waals surface area contributed by atoms with Crippen LogP contribution in [0.25, 0.3) is 0 Å². The van der Waals surface area contributed by atoms with E-state index in [1.165, 1.54) is 0 Å². The maximum Gasteiger partial charge on any atom is 0.131 e. The van der Waals surface area contributed by atoms with Gasteiger partial charge in [0.05, 0.1) is 25.4 Å². The van der Waals surface area contributed by atoms with Crippen LogP contribution in [-0.2, 0) is 0 Å². The van der Waals surface area contributed by atoms with Crippen LogP contribution in [0.15, 0.2) is 12.1 Å². The van der Waals surface area contributed by atoms with Gasteiger partial charge in [0.2, 0.25) is 0 Å². The molecule has 0 aromatic heterocycles. The van der Waals surface area contributed by atoms with Crippen LogP contribution in [0.2, 0.25) is 0 Å². The number of benzene rings is 1. The minimum absolute atomic E-state index is 0.0845. The zero-order valence-electron chi connectivity index (χ0n) is 13.1. The molecular formula is C16H27NO3. The van der Waals surface area contributed by atoms with E-state index in [0.29, 0.717) is 19.8 Å². The van der Waals surface area contributed by atoms with Gasteiger partial charge in [0.1, 0.15) is 17.2 Å². The zero-order chi connectivity index (χ0) is 15.0. The number of hydrogen-bond acceptors (Lipinski definition) is 4. The molecule has 1 atom stereocenters. The predicted octanol–water partition coefficient (Wildman–Crippen LogP) is 3.68. The zero-order valence-corrected chi connectivity index (χ0v) is 13.1. The summed E-state index contributed by atoms with van der Waals surface area (Å²) in [5.74, 6) is 2.29. The Kier molecular flexibility index (Phi) is 7.23. The van der Waals surface area contributed by atoms with Crippen molar-refractivity contribution in [2.24, 2.45) is 5.73 Å². The first-order valence-electron chi connectivity index (χ1n) is 7.49. The summed E-state index contributed by atoms with van der Waals surface area (Å²) in [7, 11) is 0. The average Bonchev–Trinajstić information content (AvgIpc) is 2.40. The molecular weight excluding hydrogens is 254 g/mol. The van der Waals surface area contributed by atoms with Gasteiger partial charge in [-0.05, 0) is 27.2 Å². The van der Waals surface area contributed by atoms with Crippen molar-refractivity contribution < 1.29 is 14.2 Å². The molecule has 0 fully saturated rings. The molecule has 114 valence electrons. The fourth-order valence-electron chi connectivity index (χ4n) is 2.20. The first-order valence-corrected chi connectivity index (χ1v) is 7.49. The van der Waals surface area contributed by atoms with Crippen LogP contribution in [0.1, 0.15) is 52.1 Å². The summed E-state index contributed by atoms with van der Waals surface area (Å²) in [6.07, 6.45) is 1.92. The lowest BCUT2D eigenvalue weighted by Gasteiger charge is -2.21. The first-order chi connectivity index (χ1) is 9.67. The van der Waals surface area contributed by atoms with Crippen LogP contribution in [0, 0.1) is 0 Å². The lowest BCUT2D eigenvalue weighted by molar-refractivity contribution is 0.298. The Hall–Kier alpha value is -1.42. The Bertz CT molecular complexity index is 380. The molecule has 0 bridgehead atoms. The van der Waals surface area contributed by atoms with Crippen LogP contribution in [-0.4, -0.2) is 19.8 Å². The van der Waals surface area contributed by atoms with Gasteiger partial charge in [0.15, 0.2) is 0 Å². The molecule has 0 aliphatic rings. The lowest BCUT2D eigenvalue weighted by Crippen LogP contribution is -2.14. The molecule has 4 nitrogen and oxygen atoms in total. The van der Waals surface area contributed by atoms with Gasteiger partial charge in [-0.1, -0.05) is 13.3 Å². The smallest absolute Gasteiger partial charge is 0.131 e. The van der Waals surface area contributed by atoms with E-state index in [0.717, 1.165) is 35.7 Å². The number of hydrogen-bond donors (Lipinski definition) is 1. The van der Waals surface area contributed by atoms with E-state index in [4.69, 9.17) is 19.9 Å². The van der Waals surface area contributed by atoms with E-state index in [1.54, 1.807) is 0 Å². The topological polar surface area (TPSA) is 53.7 Å². The first kappa shape index (κ1) is 16.6. The summed E-state index contributed by atoms with van der Waals surface area (Å²) < 4.78 is 17.1. The summed E-state index contributed by atoms with van der Waals surface area (Å²) in [4.78, 5) is 0. The highest BCUT2D eigenvalue weighted by atomic mass is 16.5. The second-order valence-electron chi connectivity index (χ2n) is 4.53. The van der Waals surface area contributed by atoms with Crippen molar-refractivity contribution in [2.75, 3.05) is 19.8 Å².